The Labute approximate surface area is 116 Å². The van der Waals surface area contributed by atoms with Crippen molar-refractivity contribution in [3.63, 3.8) is 0 Å². The number of hydrogen-bond donors (Lipinski definition) is 2. The van der Waals surface area contributed by atoms with E-state index in [1.165, 1.54) is 0 Å². The predicted molar refractivity (Wildman–Crippen MR) is 80.2 cm³/mol. The number of carbonyl (C=O) groups excluding carboxylic acids is 1. The smallest absolute Gasteiger partial charge is 0.251 e. The highest BCUT2D eigenvalue weighted by molar-refractivity contribution is 5.96. The van der Waals surface area contributed by atoms with Gasteiger partial charge in [-0.05, 0) is 44.6 Å². The molecule has 1 rings (SSSR count). The van der Waals surface area contributed by atoms with Crippen molar-refractivity contribution in [1.82, 2.24) is 10.2 Å². The zero-order valence-corrected chi connectivity index (χ0v) is 12.5. The molecule has 0 bridgehead atoms. The number of nitrogen functional groups attached to an aromatic ring is 1. The summed E-state index contributed by atoms with van der Waals surface area (Å²) in [5, 5.41) is 2.99. The molecule has 0 aromatic heterocycles. The van der Waals surface area contributed by atoms with Gasteiger partial charge in [-0.1, -0.05) is 19.9 Å². The Balaban J connectivity index is 2.72. The van der Waals surface area contributed by atoms with E-state index in [-0.39, 0.29) is 5.91 Å². The summed E-state index contributed by atoms with van der Waals surface area (Å²) in [6.45, 7) is 6.82. The van der Waals surface area contributed by atoms with Crippen molar-refractivity contribution in [2.45, 2.75) is 26.8 Å². The van der Waals surface area contributed by atoms with E-state index in [0.29, 0.717) is 29.8 Å². The molecule has 3 N–H and O–H groups in total. The molecular weight excluding hydrogens is 238 g/mol. The van der Waals surface area contributed by atoms with Crippen LogP contribution in [0.4, 0.5) is 5.69 Å². The molecule has 4 nitrogen and oxygen atoms in total. The average Bonchev–Trinajstić information content (AvgIpc) is 2.31. The van der Waals surface area contributed by atoms with Crippen molar-refractivity contribution in [2.75, 3.05) is 26.4 Å². The van der Waals surface area contributed by atoms with Crippen LogP contribution in [0.15, 0.2) is 18.2 Å². The van der Waals surface area contributed by atoms with E-state index in [4.69, 9.17) is 5.73 Å². The van der Waals surface area contributed by atoms with Gasteiger partial charge in [0.05, 0.1) is 0 Å². The van der Waals surface area contributed by atoms with Gasteiger partial charge in [0, 0.05) is 23.8 Å². The van der Waals surface area contributed by atoms with Crippen LogP contribution in [0.25, 0.3) is 0 Å². The molecule has 0 fully saturated rings. The Bertz CT molecular complexity index is 433. The molecule has 0 saturated heterocycles. The number of amides is 1. The predicted octanol–water partition coefficient (Wildman–Crippen LogP) is 1.89. The number of hydrogen-bond acceptors (Lipinski definition) is 3. The minimum Gasteiger partial charge on any atom is -0.398 e. The van der Waals surface area contributed by atoms with E-state index >= 15 is 0 Å². The Kier molecular flexibility index (Phi) is 5.36. The molecule has 1 aromatic rings. The molecular formula is C15H25N3O. The van der Waals surface area contributed by atoms with Crippen LogP contribution in [-0.2, 0) is 0 Å². The highest BCUT2D eigenvalue weighted by Crippen LogP contribution is 2.15. The fourth-order valence-corrected chi connectivity index (χ4v) is 2.21. The largest absolute Gasteiger partial charge is 0.398 e. The highest BCUT2D eigenvalue weighted by atomic mass is 16.1. The molecule has 0 aliphatic heterocycles. The lowest BCUT2D eigenvalue weighted by molar-refractivity contribution is 0.0934. The third-order valence-electron chi connectivity index (χ3n) is 3.52. The SMILES string of the molecule is Cc1c(N)cccc1C(=O)NCC(C(C)C)N(C)C. The Morgan fingerprint density at radius 3 is 2.53 bits per heavy atom. The highest BCUT2D eigenvalue weighted by Gasteiger charge is 2.18. The van der Waals surface area contributed by atoms with Crippen molar-refractivity contribution >= 4 is 11.6 Å². The number of nitrogens with two attached hydrogens (primary N) is 1. The second kappa shape index (κ2) is 6.57. The monoisotopic (exact) mass is 263 g/mol. The van der Waals surface area contributed by atoms with Gasteiger partial charge in [-0.2, -0.15) is 0 Å². The lowest BCUT2D eigenvalue weighted by atomic mass is 10.0. The Hall–Kier alpha value is -1.55. The second-order valence-corrected chi connectivity index (χ2v) is 5.50. The van der Waals surface area contributed by atoms with Crippen molar-refractivity contribution in [3.05, 3.63) is 29.3 Å². The maximum Gasteiger partial charge on any atom is 0.251 e. The van der Waals surface area contributed by atoms with Crippen LogP contribution in [0, 0.1) is 12.8 Å². The fourth-order valence-electron chi connectivity index (χ4n) is 2.21. The molecule has 0 spiro atoms. The lowest BCUT2D eigenvalue weighted by Gasteiger charge is -2.28. The molecule has 4 heteroatoms. The third-order valence-corrected chi connectivity index (χ3v) is 3.52. The summed E-state index contributed by atoms with van der Waals surface area (Å²) in [6.07, 6.45) is 0. The summed E-state index contributed by atoms with van der Waals surface area (Å²) >= 11 is 0. The van der Waals surface area contributed by atoms with E-state index in [1.54, 1.807) is 6.07 Å². The number of rotatable bonds is 5. The van der Waals surface area contributed by atoms with Crippen molar-refractivity contribution < 1.29 is 4.79 Å². The molecule has 0 saturated carbocycles. The zero-order chi connectivity index (χ0) is 14.6. The van der Waals surface area contributed by atoms with Gasteiger partial charge in [-0.15, -0.1) is 0 Å². The summed E-state index contributed by atoms with van der Waals surface area (Å²) in [4.78, 5) is 14.3. The van der Waals surface area contributed by atoms with Crippen LogP contribution in [0.2, 0.25) is 0 Å². The minimum absolute atomic E-state index is 0.0581. The first-order valence-corrected chi connectivity index (χ1v) is 6.64. The molecule has 0 radical (unpaired) electrons. The van der Waals surface area contributed by atoms with Gasteiger partial charge in [0.1, 0.15) is 0 Å². The summed E-state index contributed by atoms with van der Waals surface area (Å²) < 4.78 is 0. The van der Waals surface area contributed by atoms with Crippen molar-refractivity contribution in [3.8, 4) is 0 Å². The average molecular weight is 263 g/mol. The van der Waals surface area contributed by atoms with Crippen molar-refractivity contribution in [1.29, 1.82) is 0 Å². The number of likely N-dealkylation sites (N-methyl/N-ethyl adjacent to an activating group) is 1. The summed E-state index contributed by atoms with van der Waals surface area (Å²) in [5.74, 6) is 0.425. The van der Waals surface area contributed by atoms with E-state index < -0.39 is 0 Å². The van der Waals surface area contributed by atoms with Gasteiger partial charge in [0.2, 0.25) is 0 Å². The Morgan fingerprint density at radius 2 is 2.00 bits per heavy atom. The molecule has 1 atom stereocenters. The maximum atomic E-state index is 12.2. The number of carbonyl (C=O) groups is 1. The van der Waals surface area contributed by atoms with Crippen LogP contribution in [0.5, 0.6) is 0 Å². The standard InChI is InChI=1S/C15H25N3O/c1-10(2)14(18(4)5)9-17-15(19)12-7-6-8-13(16)11(12)3/h6-8,10,14H,9,16H2,1-5H3,(H,17,19). The topological polar surface area (TPSA) is 58.4 Å². The second-order valence-electron chi connectivity index (χ2n) is 5.50. The number of nitrogens with zero attached hydrogens (tertiary/aromatic N) is 1. The first kappa shape index (κ1) is 15.5. The Morgan fingerprint density at radius 1 is 1.37 bits per heavy atom. The van der Waals surface area contributed by atoms with Crippen LogP contribution in [0.3, 0.4) is 0 Å². The van der Waals surface area contributed by atoms with E-state index in [1.807, 2.05) is 33.2 Å². The molecule has 1 unspecified atom stereocenters. The van der Waals surface area contributed by atoms with Crippen LogP contribution < -0.4 is 11.1 Å². The van der Waals surface area contributed by atoms with Crippen LogP contribution >= 0.6 is 0 Å². The zero-order valence-electron chi connectivity index (χ0n) is 12.5. The van der Waals surface area contributed by atoms with Gasteiger partial charge in [0.15, 0.2) is 0 Å². The van der Waals surface area contributed by atoms with E-state index in [0.717, 1.165) is 5.56 Å². The molecule has 106 valence electrons. The van der Waals surface area contributed by atoms with Crippen molar-refractivity contribution in [2.24, 2.45) is 5.92 Å². The molecule has 0 heterocycles. The quantitative estimate of drug-likeness (QED) is 0.798. The first-order chi connectivity index (χ1) is 8.84. The van der Waals surface area contributed by atoms with Crippen LogP contribution in [-0.4, -0.2) is 37.5 Å². The van der Waals surface area contributed by atoms with Crippen LogP contribution in [0.1, 0.15) is 29.8 Å². The summed E-state index contributed by atoms with van der Waals surface area (Å²) in [5.41, 5.74) is 7.97. The summed E-state index contributed by atoms with van der Waals surface area (Å²) in [7, 11) is 4.06. The van der Waals surface area contributed by atoms with Gasteiger partial charge in [-0.25, -0.2) is 0 Å². The lowest BCUT2D eigenvalue weighted by Crippen LogP contribution is -2.43. The number of anilines is 1. The number of nitrogens with one attached hydrogen (secondary N) is 1. The van der Waals surface area contributed by atoms with Gasteiger partial charge in [0.25, 0.3) is 5.91 Å². The molecule has 1 amide bonds. The minimum atomic E-state index is -0.0581. The van der Waals surface area contributed by atoms with E-state index in [2.05, 4.69) is 24.1 Å². The normalized spacial score (nSPS) is 12.8. The fraction of sp³-hybridized carbons (Fsp3) is 0.533. The first-order valence-electron chi connectivity index (χ1n) is 6.64. The van der Waals surface area contributed by atoms with E-state index in [9.17, 15) is 4.79 Å². The van der Waals surface area contributed by atoms with Gasteiger partial charge in [-0.3, -0.25) is 4.79 Å². The maximum absolute atomic E-state index is 12.2. The molecule has 0 aliphatic rings. The molecule has 0 aliphatic carbocycles. The molecule has 19 heavy (non-hydrogen) atoms. The third kappa shape index (κ3) is 3.96. The van der Waals surface area contributed by atoms with Gasteiger partial charge >= 0.3 is 0 Å². The van der Waals surface area contributed by atoms with Gasteiger partial charge < -0.3 is 16.0 Å². The summed E-state index contributed by atoms with van der Waals surface area (Å²) in [6, 6.07) is 5.75. The molecule has 1 aromatic carbocycles. The number of benzene rings is 1.